The molecule has 2 aliphatic rings. The highest BCUT2D eigenvalue weighted by atomic mass is 16.5. The lowest BCUT2D eigenvalue weighted by Crippen LogP contribution is -2.23. The average Bonchev–Trinajstić information content (AvgIpc) is 3.36. The lowest BCUT2D eigenvalue weighted by molar-refractivity contribution is 0.105. The van der Waals surface area contributed by atoms with E-state index in [-0.39, 0.29) is 23.9 Å². The van der Waals surface area contributed by atoms with Gasteiger partial charge >= 0.3 is 0 Å². The van der Waals surface area contributed by atoms with Crippen molar-refractivity contribution in [2.24, 2.45) is 0 Å². The van der Waals surface area contributed by atoms with Gasteiger partial charge < -0.3 is 19.7 Å². The first-order valence-corrected chi connectivity index (χ1v) is 12.9. The molecule has 0 aliphatic carbocycles. The van der Waals surface area contributed by atoms with Crippen LogP contribution in [0.2, 0.25) is 0 Å². The van der Waals surface area contributed by atoms with E-state index in [1.165, 1.54) is 11.6 Å². The molecule has 6 rings (SSSR count). The Labute approximate surface area is 226 Å². The number of nitrogens with zero attached hydrogens (tertiary/aromatic N) is 2. The minimum Gasteiger partial charge on any atom is -0.508 e. The number of phenols is 2. The molecule has 0 atom stereocenters. The van der Waals surface area contributed by atoms with Crippen LogP contribution in [0.1, 0.15) is 38.3 Å². The zero-order valence-corrected chi connectivity index (χ0v) is 21.6. The Morgan fingerprint density at radius 2 is 1.82 bits per heavy atom. The summed E-state index contributed by atoms with van der Waals surface area (Å²) in [6, 6.07) is 21.1. The van der Waals surface area contributed by atoms with Crippen LogP contribution < -0.4 is 9.47 Å². The molecule has 7 nitrogen and oxygen atoms in total. The summed E-state index contributed by atoms with van der Waals surface area (Å²) in [6.45, 7) is 5.12. The predicted molar refractivity (Wildman–Crippen MR) is 148 cm³/mol. The maximum atomic E-state index is 14.0. The second-order valence-electron chi connectivity index (χ2n) is 9.85. The van der Waals surface area contributed by atoms with Crippen molar-refractivity contribution in [2.45, 2.75) is 20.0 Å². The predicted octanol–water partition coefficient (Wildman–Crippen LogP) is 5.38. The van der Waals surface area contributed by atoms with E-state index in [9.17, 15) is 15.0 Å². The number of benzene rings is 3. The number of allylic oxidation sites excluding steroid dienone is 1. The van der Waals surface area contributed by atoms with Crippen LogP contribution in [-0.4, -0.2) is 45.6 Å². The van der Waals surface area contributed by atoms with Crippen LogP contribution in [0.4, 0.5) is 0 Å². The van der Waals surface area contributed by atoms with Gasteiger partial charge in [0.05, 0.1) is 5.69 Å². The molecule has 0 saturated heterocycles. The second-order valence-corrected chi connectivity index (χ2v) is 9.85. The number of ether oxygens (including phenoxy) is 2. The smallest absolute Gasteiger partial charge is 0.194 e. The van der Waals surface area contributed by atoms with Gasteiger partial charge in [-0.25, -0.2) is 0 Å². The Morgan fingerprint density at radius 1 is 1.00 bits per heavy atom. The zero-order valence-electron chi connectivity index (χ0n) is 21.6. The highest BCUT2D eigenvalue weighted by molar-refractivity contribution is 6.35. The molecular weight excluding hydrogens is 492 g/mol. The normalized spacial score (nSPS) is 14.5. The monoisotopic (exact) mass is 520 g/mol. The van der Waals surface area contributed by atoms with Crippen LogP contribution in [0.5, 0.6) is 23.0 Å². The van der Waals surface area contributed by atoms with Gasteiger partial charge in [0.1, 0.15) is 36.2 Å². The van der Waals surface area contributed by atoms with Gasteiger partial charge in [-0.15, -0.1) is 0 Å². The van der Waals surface area contributed by atoms with Gasteiger partial charge in [-0.1, -0.05) is 18.2 Å². The van der Waals surface area contributed by atoms with E-state index < -0.39 is 0 Å². The molecule has 1 aromatic heterocycles. The highest BCUT2D eigenvalue weighted by Crippen LogP contribution is 2.41. The molecule has 0 fully saturated rings. The molecule has 3 heterocycles. The first-order valence-electron chi connectivity index (χ1n) is 12.9. The molecule has 0 spiro atoms. The number of aromatic nitrogens is 1. The maximum Gasteiger partial charge on any atom is 0.194 e. The number of carbonyl (C=O) groups excluding carboxylic acids is 1. The van der Waals surface area contributed by atoms with Crippen molar-refractivity contribution in [2.75, 3.05) is 19.8 Å². The molecule has 0 radical (unpaired) electrons. The van der Waals surface area contributed by atoms with E-state index >= 15 is 0 Å². The fraction of sp³-hybridized carbons (Fsp3) is 0.188. The third-order valence-electron chi connectivity index (χ3n) is 7.21. The summed E-state index contributed by atoms with van der Waals surface area (Å²) in [5, 5.41) is 19.7. The number of Topliss-reactive ketones (excluding diaryl/α,β-unsaturated/α-hetero) is 1. The van der Waals surface area contributed by atoms with Crippen LogP contribution in [0, 0.1) is 6.92 Å². The number of rotatable bonds is 7. The third kappa shape index (κ3) is 4.96. The van der Waals surface area contributed by atoms with Crippen molar-refractivity contribution >= 4 is 16.9 Å². The van der Waals surface area contributed by atoms with Crippen LogP contribution in [0.25, 0.3) is 11.1 Å². The van der Waals surface area contributed by atoms with Crippen molar-refractivity contribution in [3.63, 3.8) is 0 Å². The van der Waals surface area contributed by atoms with Crippen LogP contribution in [0.3, 0.4) is 0 Å². The Hall–Kier alpha value is -4.62. The van der Waals surface area contributed by atoms with Crippen molar-refractivity contribution in [3.05, 3.63) is 113 Å². The van der Waals surface area contributed by atoms with Crippen LogP contribution in [0.15, 0.2) is 79.0 Å². The van der Waals surface area contributed by atoms with Gasteiger partial charge in [0.2, 0.25) is 0 Å². The summed E-state index contributed by atoms with van der Waals surface area (Å²) in [6.07, 6.45) is 1.83. The van der Waals surface area contributed by atoms with Gasteiger partial charge in [-0.2, -0.15) is 0 Å². The van der Waals surface area contributed by atoms with E-state index in [0.717, 1.165) is 47.8 Å². The summed E-state index contributed by atoms with van der Waals surface area (Å²) in [5.74, 6) is 1.26. The van der Waals surface area contributed by atoms with Gasteiger partial charge in [0, 0.05) is 54.2 Å². The SMILES string of the molecule is Cc1cc(C(=O)C2=C(c3ccc(O)cc3)COc3cc(O)ccc32)ccc1OCCN1Cc2cccnc2C1. The fourth-order valence-electron chi connectivity index (χ4n) is 5.18. The van der Waals surface area contributed by atoms with E-state index in [1.807, 2.05) is 31.3 Å². The fourth-order valence-corrected chi connectivity index (χ4v) is 5.18. The molecule has 7 heteroatoms. The molecule has 2 N–H and O–H groups in total. The molecule has 3 aromatic carbocycles. The number of phenolic OH excluding ortho intramolecular Hbond substituents is 2. The van der Waals surface area contributed by atoms with E-state index in [0.29, 0.717) is 29.1 Å². The van der Waals surface area contributed by atoms with Crippen molar-refractivity contribution in [1.82, 2.24) is 9.88 Å². The minimum atomic E-state index is -0.148. The van der Waals surface area contributed by atoms with Gasteiger partial charge in [0.15, 0.2) is 5.78 Å². The number of hydrogen-bond acceptors (Lipinski definition) is 7. The summed E-state index contributed by atoms with van der Waals surface area (Å²) in [7, 11) is 0. The molecule has 0 unspecified atom stereocenters. The number of aromatic hydroxyl groups is 2. The Morgan fingerprint density at radius 3 is 2.62 bits per heavy atom. The largest absolute Gasteiger partial charge is 0.508 e. The summed E-state index contributed by atoms with van der Waals surface area (Å²) >= 11 is 0. The molecule has 39 heavy (non-hydrogen) atoms. The van der Waals surface area contributed by atoms with Crippen molar-refractivity contribution in [1.29, 1.82) is 0 Å². The zero-order chi connectivity index (χ0) is 26.9. The van der Waals surface area contributed by atoms with E-state index in [2.05, 4.69) is 16.0 Å². The summed E-state index contributed by atoms with van der Waals surface area (Å²) < 4.78 is 12.0. The quantitative estimate of drug-likeness (QED) is 0.316. The highest BCUT2D eigenvalue weighted by Gasteiger charge is 2.28. The topological polar surface area (TPSA) is 92.1 Å². The standard InChI is InChI=1S/C32H28N2O5/c1-20-15-22(6-11-29(20)38-14-13-34-17-23-3-2-12-33-28(23)18-34)32(37)31-26-10-9-25(36)16-30(26)39-19-27(31)21-4-7-24(35)8-5-21/h2-12,15-16,35-36H,13-14,17-19H2,1H3. The molecular formula is C32H28N2O5. The number of aryl methyl sites for hydroxylation is 1. The number of carbonyl (C=O) groups is 1. The Bertz CT molecular complexity index is 1570. The molecule has 0 bridgehead atoms. The van der Waals surface area contributed by atoms with Crippen LogP contribution in [-0.2, 0) is 13.1 Å². The molecule has 2 aliphatic heterocycles. The minimum absolute atomic E-state index is 0.0695. The summed E-state index contributed by atoms with van der Waals surface area (Å²) in [4.78, 5) is 20.7. The van der Waals surface area contributed by atoms with E-state index in [4.69, 9.17) is 9.47 Å². The van der Waals surface area contributed by atoms with Gasteiger partial charge in [-0.05, 0) is 72.1 Å². The lowest BCUT2D eigenvalue weighted by Gasteiger charge is -2.24. The first kappa shape index (κ1) is 24.7. The first-order chi connectivity index (χ1) is 19.0. The van der Waals surface area contributed by atoms with Crippen molar-refractivity contribution in [3.8, 4) is 23.0 Å². The van der Waals surface area contributed by atoms with Crippen molar-refractivity contribution < 1.29 is 24.5 Å². The lowest BCUT2D eigenvalue weighted by atomic mass is 9.87. The van der Waals surface area contributed by atoms with Gasteiger partial charge in [0.25, 0.3) is 0 Å². The third-order valence-corrected chi connectivity index (χ3v) is 7.21. The van der Waals surface area contributed by atoms with Gasteiger partial charge in [-0.3, -0.25) is 14.7 Å². The molecule has 0 amide bonds. The Kier molecular flexibility index (Phi) is 6.50. The second kappa shape index (κ2) is 10.3. The number of ketones is 1. The Balaban J connectivity index is 1.23. The number of hydrogen-bond donors (Lipinski definition) is 2. The maximum absolute atomic E-state index is 14.0. The molecule has 0 saturated carbocycles. The number of pyridine rings is 1. The average molecular weight is 521 g/mol. The summed E-state index contributed by atoms with van der Waals surface area (Å²) in [5.41, 5.74) is 6.43. The van der Waals surface area contributed by atoms with E-state index in [1.54, 1.807) is 42.5 Å². The molecule has 196 valence electrons. The number of fused-ring (bicyclic) bond motifs is 2. The molecule has 4 aromatic rings. The van der Waals surface area contributed by atoms with Crippen LogP contribution >= 0.6 is 0 Å².